The summed E-state index contributed by atoms with van der Waals surface area (Å²) >= 11 is 0. The van der Waals surface area contributed by atoms with Gasteiger partial charge in [-0.15, -0.1) is 0 Å². The van der Waals surface area contributed by atoms with Crippen LogP contribution in [0.15, 0.2) is 145 Å². The fourth-order valence-electron chi connectivity index (χ4n) is 5.62. The summed E-state index contributed by atoms with van der Waals surface area (Å²) < 4.78 is 0. The van der Waals surface area contributed by atoms with E-state index in [1.54, 1.807) is 0 Å². The lowest BCUT2D eigenvalue weighted by molar-refractivity contribution is 0.795. The first-order valence-corrected chi connectivity index (χ1v) is 14.5. The highest BCUT2D eigenvalue weighted by Crippen LogP contribution is 2.31. The van der Waals surface area contributed by atoms with Gasteiger partial charge in [-0.2, -0.15) is 10.2 Å². The summed E-state index contributed by atoms with van der Waals surface area (Å²) in [5.41, 5.74) is 12.6. The SMILES string of the molecule is C1=CC(c2cc(-c3cccc(-c4cc(-c5ccc(Cc6ccccc6)cc5)[nH]n4)c3)n[nH]2)CC=C1Cc1ccccc1. The van der Waals surface area contributed by atoms with Gasteiger partial charge in [-0.25, -0.2) is 0 Å². The topological polar surface area (TPSA) is 57.4 Å². The minimum atomic E-state index is 0.307. The molecule has 2 N–H and O–H groups in total. The maximum absolute atomic E-state index is 4.67. The molecule has 2 aromatic heterocycles. The van der Waals surface area contributed by atoms with Gasteiger partial charge < -0.3 is 0 Å². The fourth-order valence-corrected chi connectivity index (χ4v) is 5.62. The van der Waals surface area contributed by atoms with Crippen molar-refractivity contribution in [3.05, 3.63) is 168 Å². The number of aromatic nitrogens is 4. The molecule has 4 nitrogen and oxygen atoms in total. The number of H-pyrrole nitrogens is 2. The Morgan fingerprint density at radius 1 is 0.571 bits per heavy atom. The van der Waals surface area contributed by atoms with Gasteiger partial charge in [0.2, 0.25) is 0 Å². The van der Waals surface area contributed by atoms with Crippen LogP contribution in [0.2, 0.25) is 0 Å². The van der Waals surface area contributed by atoms with E-state index in [1.807, 2.05) is 0 Å². The molecule has 1 unspecified atom stereocenters. The lowest BCUT2D eigenvalue weighted by Crippen LogP contribution is -2.00. The summed E-state index contributed by atoms with van der Waals surface area (Å²) in [6.45, 7) is 0. The van der Waals surface area contributed by atoms with Crippen LogP contribution in [-0.2, 0) is 12.8 Å². The van der Waals surface area contributed by atoms with E-state index >= 15 is 0 Å². The molecule has 204 valence electrons. The van der Waals surface area contributed by atoms with Gasteiger partial charge in [-0.05, 0) is 65.3 Å². The number of hydrogen-bond acceptors (Lipinski definition) is 2. The Labute approximate surface area is 246 Å². The van der Waals surface area contributed by atoms with Crippen LogP contribution in [0.3, 0.4) is 0 Å². The van der Waals surface area contributed by atoms with E-state index in [0.717, 1.165) is 58.7 Å². The van der Waals surface area contributed by atoms with E-state index in [9.17, 15) is 0 Å². The molecule has 7 rings (SSSR count). The van der Waals surface area contributed by atoms with Crippen molar-refractivity contribution in [1.29, 1.82) is 0 Å². The van der Waals surface area contributed by atoms with E-state index in [1.165, 1.54) is 22.3 Å². The molecule has 1 atom stereocenters. The second-order valence-electron chi connectivity index (χ2n) is 11.0. The number of hydrogen-bond donors (Lipinski definition) is 2. The molecule has 4 aromatic carbocycles. The second-order valence-corrected chi connectivity index (χ2v) is 11.0. The quantitative estimate of drug-likeness (QED) is 0.201. The van der Waals surface area contributed by atoms with Crippen molar-refractivity contribution in [3.8, 4) is 33.8 Å². The number of nitrogens with zero attached hydrogens (tertiary/aromatic N) is 2. The minimum absolute atomic E-state index is 0.307. The minimum Gasteiger partial charge on any atom is -0.281 e. The zero-order valence-electron chi connectivity index (χ0n) is 23.4. The maximum atomic E-state index is 4.67. The Kier molecular flexibility index (Phi) is 7.18. The monoisotopic (exact) mass is 544 g/mol. The average molecular weight is 545 g/mol. The number of nitrogens with one attached hydrogen (secondary N) is 2. The van der Waals surface area contributed by atoms with Gasteiger partial charge in [0.05, 0.1) is 17.1 Å². The van der Waals surface area contributed by atoms with Crippen LogP contribution < -0.4 is 0 Å². The highest BCUT2D eigenvalue weighted by atomic mass is 15.1. The van der Waals surface area contributed by atoms with Crippen LogP contribution >= 0.6 is 0 Å². The molecule has 2 heterocycles. The van der Waals surface area contributed by atoms with Crippen LogP contribution in [-0.4, -0.2) is 20.4 Å². The molecule has 0 bridgehead atoms. The molecule has 4 heteroatoms. The van der Waals surface area contributed by atoms with Gasteiger partial charge >= 0.3 is 0 Å². The van der Waals surface area contributed by atoms with E-state index < -0.39 is 0 Å². The third-order valence-corrected chi connectivity index (χ3v) is 7.97. The Bertz CT molecular complexity index is 1840. The van der Waals surface area contributed by atoms with Crippen LogP contribution in [0.25, 0.3) is 33.8 Å². The summed E-state index contributed by atoms with van der Waals surface area (Å²) in [4.78, 5) is 0. The van der Waals surface area contributed by atoms with Gasteiger partial charge in [0.15, 0.2) is 0 Å². The predicted octanol–water partition coefficient (Wildman–Crippen LogP) is 8.94. The molecule has 0 amide bonds. The van der Waals surface area contributed by atoms with Crippen LogP contribution in [0.1, 0.15) is 34.7 Å². The van der Waals surface area contributed by atoms with Crippen molar-refractivity contribution in [3.63, 3.8) is 0 Å². The standard InChI is InChI=1S/C38H32N4/c1-3-8-27(9-4-1)22-29-14-18-31(19-15-29)35-25-37(41-39-35)33-12-7-13-34(24-33)38-26-36(40-42-38)32-20-16-30(17-21-32)23-28-10-5-2-6-11-28/h1-20,24-26,32H,21-23H2,(H,39,41)(H,40,42). The first kappa shape index (κ1) is 25.7. The summed E-state index contributed by atoms with van der Waals surface area (Å²) in [5, 5.41) is 15.8. The molecule has 0 radical (unpaired) electrons. The van der Waals surface area contributed by atoms with Gasteiger partial charge in [0.1, 0.15) is 0 Å². The second kappa shape index (κ2) is 11.7. The predicted molar refractivity (Wildman–Crippen MR) is 171 cm³/mol. The third kappa shape index (κ3) is 5.79. The largest absolute Gasteiger partial charge is 0.281 e. The molecule has 6 aromatic rings. The van der Waals surface area contributed by atoms with E-state index in [-0.39, 0.29) is 0 Å². The van der Waals surface area contributed by atoms with Crippen molar-refractivity contribution in [2.24, 2.45) is 0 Å². The smallest absolute Gasteiger partial charge is 0.0927 e. The molecule has 0 spiro atoms. The lowest BCUT2D eigenvalue weighted by Gasteiger charge is -2.14. The van der Waals surface area contributed by atoms with Gasteiger partial charge in [-0.1, -0.05) is 121 Å². The van der Waals surface area contributed by atoms with Gasteiger partial charge in [0, 0.05) is 22.7 Å². The number of rotatable bonds is 8. The maximum Gasteiger partial charge on any atom is 0.0927 e. The lowest BCUT2D eigenvalue weighted by atomic mass is 9.91. The number of aromatic amines is 2. The molecule has 0 saturated heterocycles. The molecule has 42 heavy (non-hydrogen) atoms. The molecular formula is C38H32N4. The van der Waals surface area contributed by atoms with Crippen molar-refractivity contribution in [2.45, 2.75) is 25.2 Å². The summed E-state index contributed by atoms with van der Waals surface area (Å²) in [5.74, 6) is 0.307. The average Bonchev–Trinajstić information content (AvgIpc) is 3.75. The number of allylic oxidation sites excluding steroid dienone is 4. The molecular weight excluding hydrogens is 512 g/mol. The fraction of sp³-hybridized carbons (Fsp3) is 0.105. The zero-order valence-corrected chi connectivity index (χ0v) is 23.4. The number of benzene rings is 4. The van der Waals surface area contributed by atoms with Crippen molar-refractivity contribution in [1.82, 2.24) is 20.4 Å². The van der Waals surface area contributed by atoms with E-state index in [2.05, 4.69) is 160 Å². The molecule has 1 aliphatic rings. The van der Waals surface area contributed by atoms with E-state index in [0.29, 0.717) is 5.92 Å². The molecule has 0 fully saturated rings. The summed E-state index contributed by atoms with van der Waals surface area (Å²) in [7, 11) is 0. The first-order valence-electron chi connectivity index (χ1n) is 14.5. The Morgan fingerprint density at radius 2 is 1.21 bits per heavy atom. The molecule has 0 saturated carbocycles. The summed E-state index contributed by atoms with van der Waals surface area (Å²) in [6, 6.07) is 42.7. The van der Waals surface area contributed by atoms with Crippen molar-refractivity contribution >= 4 is 0 Å². The first-order chi connectivity index (χ1) is 20.8. The summed E-state index contributed by atoms with van der Waals surface area (Å²) in [6.07, 6.45) is 9.79. The van der Waals surface area contributed by atoms with E-state index in [4.69, 9.17) is 0 Å². The highest BCUT2D eigenvalue weighted by molar-refractivity contribution is 5.73. The van der Waals surface area contributed by atoms with Crippen LogP contribution in [0.5, 0.6) is 0 Å². The third-order valence-electron chi connectivity index (χ3n) is 7.97. The molecule has 0 aliphatic heterocycles. The van der Waals surface area contributed by atoms with Crippen molar-refractivity contribution < 1.29 is 0 Å². The Hall–Kier alpha value is -5.22. The van der Waals surface area contributed by atoms with Gasteiger partial charge in [-0.3, -0.25) is 10.2 Å². The normalized spacial score (nSPS) is 14.6. The van der Waals surface area contributed by atoms with Crippen LogP contribution in [0.4, 0.5) is 0 Å². The Morgan fingerprint density at radius 3 is 1.90 bits per heavy atom. The van der Waals surface area contributed by atoms with Gasteiger partial charge in [0.25, 0.3) is 0 Å². The van der Waals surface area contributed by atoms with Crippen molar-refractivity contribution in [2.75, 3.05) is 0 Å². The molecule has 1 aliphatic carbocycles. The highest BCUT2D eigenvalue weighted by Gasteiger charge is 2.16. The van der Waals surface area contributed by atoms with Crippen LogP contribution in [0, 0.1) is 0 Å². The zero-order chi connectivity index (χ0) is 28.1. The Balaban J connectivity index is 1.03.